The second kappa shape index (κ2) is 10.9. The first-order valence-corrected chi connectivity index (χ1v) is 11.5. The van der Waals surface area contributed by atoms with Crippen molar-refractivity contribution in [2.24, 2.45) is 4.99 Å². The van der Waals surface area contributed by atoms with Crippen LogP contribution in [0.15, 0.2) is 29.3 Å². The molecule has 8 heteroatoms. The molecule has 0 bridgehead atoms. The van der Waals surface area contributed by atoms with E-state index in [1.165, 1.54) is 11.1 Å². The zero-order valence-electron chi connectivity index (χ0n) is 18.6. The van der Waals surface area contributed by atoms with Gasteiger partial charge in [0.2, 0.25) is 0 Å². The maximum absolute atomic E-state index is 12.6. The first kappa shape index (κ1) is 22.0. The monoisotopic (exact) mass is 429 g/mol. The molecule has 1 aromatic rings. The second-order valence-electron chi connectivity index (χ2n) is 8.42. The predicted molar refractivity (Wildman–Crippen MR) is 120 cm³/mol. The smallest absolute Gasteiger partial charge is 0.251 e. The summed E-state index contributed by atoms with van der Waals surface area (Å²) in [6.07, 6.45) is 1.61. The summed E-state index contributed by atoms with van der Waals surface area (Å²) in [5, 5.41) is 3.50. The van der Waals surface area contributed by atoms with Gasteiger partial charge in [-0.05, 0) is 24.0 Å². The van der Waals surface area contributed by atoms with Crippen molar-refractivity contribution < 1.29 is 14.3 Å². The van der Waals surface area contributed by atoms with Crippen LogP contribution in [0, 0.1) is 0 Å². The van der Waals surface area contributed by atoms with Crippen LogP contribution in [0.3, 0.4) is 0 Å². The van der Waals surface area contributed by atoms with E-state index in [2.05, 4.69) is 44.4 Å². The summed E-state index contributed by atoms with van der Waals surface area (Å²) in [4.78, 5) is 23.6. The lowest BCUT2D eigenvalue weighted by Crippen LogP contribution is -2.55. The summed E-state index contributed by atoms with van der Waals surface area (Å²) in [6.45, 7) is 9.06. The van der Waals surface area contributed by atoms with Crippen molar-refractivity contribution in [3.05, 3.63) is 35.4 Å². The number of piperazine rings is 1. The van der Waals surface area contributed by atoms with Gasteiger partial charge in [-0.15, -0.1) is 0 Å². The van der Waals surface area contributed by atoms with Gasteiger partial charge in [-0.2, -0.15) is 0 Å². The highest BCUT2D eigenvalue weighted by atomic mass is 16.5. The molecule has 1 amide bonds. The number of nitrogens with one attached hydrogen (secondary N) is 1. The molecule has 3 fully saturated rings. The van der Waals surface area contributed by atoms with Crippen LogP contribution in [-0.4, -0.2) is 98.8 Å². The Balaban J connectivity index is 1.25. The molecule has 1 unspecified atom stereocenters. The molecule has 31 heavy (non-hydrogen) atoms. The van der Waals surface area contributed by atoms with Crippen molar-refractivity contribution in [1.82, 2.24) is 20.0 Å². The van der Waals surface area contributed by atoms with Gasteiger partial charge in [0.1, 0.15) is 6.10 Å². The minimum Gasteiger partial charge on any atom is -0.379 e. The number of nitrogens with zero attached hydrogens (tertiary/aromatic N) is 4. The van der Waals surface area contributed by atoms with Crippen molar-refractivity contribution in [2.45, 2.75) is 32.0 Å². The Morgan fingerprint density at radius 2 is 1.81 bits per heavy atom. The SMILES string of the molecule is CN=C(NCc1cccc(CN2CCOCC2)c1)N1CCN(C(=O)C2CCCO2)CC1. The second-order valence-corrected chi connectivity index (χ2v) is 8.42. The van der Waals surface area contributed by atoms with Crippen LogP contribution in [0.25, 0.3) is 0 Å². The summed E-state index contributed by atoms with van der Waals surface area (Å²) in [6, 6.07) is 8.75. The lowest BCUT2D eigenvalue weighted by atomic mass is 10.1. The maximum atomic E-state index is 12.6. The van der Waals surface area contributed by atoms with Gasteiger partial charge in [0.15, 0.2) is 5.96 Å². The van der Waals surface area contributed by atoms with E-state index in [-0.39, 0.29) is 12.0 Å². The summed E-state index contributed by atoms with van der Waals surface area (Å²) in [7, 11) is 1.82. The summed E-state index contributed by atoms with van der Waals surface area (Å²) in [5.41, 5.74) is 2.58. The zero-order chi connectivity index (χ0) is 21.5. The molecule has 1 N–H and O–H groups in total. The van der Waals surface area contributed by atoms with Crippen LogP contribution in [0.1, 0.15) is 24.0 Å². The molecule has 0 aliphatic carbocycles. The average molecular weight is 430 g/mol. The largest absolute Gasteiger partial charge is 0.379 e. The highest BCUT2D eigenvalue weighted by Gasteiger charge is 2.30. The molecule has 3 saturated heterocycles. The third kappa shape index (κ3) is 5.96. The fourth-order valence-corrected chi connectivity index (χ4v) is 4.48. The van der Waals surface area contributed by atoms with E-state index in [4.69, 9.17) is 9.47 Å². The van der Waals surface area contributed by atoms with Gasteiger partial charge in [0.25, 0.3) is 5.91 Å². The molecule has 0 spiro atoms. The highest BCUT2D eigenvalue weighted by Crippen LogP contribution is 2.16. The topological polar surface area (TPSA) is 69.6 Å². The Labute approximate surface area is 185 Å². The van der Waals surface area contributed by atoms with Crippen LogP contribution < -0.4 is 5.32 Å². The van der Waals surface area contributed by atoms with E-state index < -0.39 is 0 Å². The van der Waals surface area contributed by atoms with Gasteiger partial charge in [-0.1, -0.05) is 24.3 Å². The number of ether oxygens (including phenoxy) is 2. The minimum absolute atomic E-state index is 0.150. The number of hydrogen-bond donors (Lipinski definition) is 1. The lowest BCUT2D eigenvalue weighted by Gasteiger charge is -2.37. The van der Waals surface area contributed by atoms with Gasteiger partial charge in [0.05, 0.1) is 13.2 Å². The number of morpholine rings is 1. The van der Waals surface area contributed by atoms with Crippen LogP contribution >= 0.6 is 0 Å². The molecular formula is C23H35N5O3. The number of rotatable bonds is 5. The standard InChI is InChI=1S/C23H35N5O3/c1-24-23(28-9-7-27(8-10-28)22(29)21-6-3-13-31-21)25-17-19-4-2-5-20(16-19)18-26-11-14-30-15-12-26/h2,4-5,16,21H,3,6-15,17-18H2,1H3,(H,24,25). The average Bonchev–Trinajstić information content (AvgIpc) is 3.35. The van der Waals surface area contributed by atoms with E-state index in [9.17, 15) is 4.79 Å². The number of amides is 1. The van der Waals surface area contributed by atoms with Gasteiger partial charge in [-0.3, -0.25) is 14.7 Å². The number of carbonyl (C=O) groups excluding carboxylic acids is 1. The van der Waals surface area contributed by atoms with Crippen molar-refractivity contribution in [3.8, 4) is 0 Å². The Hall–Kier alpha value is -2.16. The Bertz CT molecular complexity index is 751. The molecular weight excluding hydrogens is 394 g/mol. The maximum Gasteiger partial charge on any atom is 0.251 e. The van der Waals surface area contributed by atoms with Gasteiger partial charge in [-0.25, -0.2) is 0 Å². The molecule has 3 heterocycles. The summed E-state index contributed by atoms with van der Waals surface area (Å²) in [5.74, 6) is 1.04. The molecule has 170 valence electrons. The molecule has 0 aromatic heterocycles. The van der Waals surface area contributed by atoms with E-state index in [0.717, 1.165) is 71.3 Å². The first-order chi connectivity index (χ1) is 15.2. The van der Waals surface area contributed by atoms with Crippen molar-refractivity contribution >= 4 is 11.9 Å². The van der Waals surface area contributed by atoms with Gasteiger partial charge in [0, 0.05) is 66.0 Å². The molecule has 0 saturated carbocycles. The summed E-state index contributed by atoms with van der Waals surface area (Å²) >= 11 is 0. The van der Waals surface area contributed by atoms with Crippen molar-refractivity contribution in [2.75, 3.05) is 66.1 Å². The van der Waals surface area contributed by atoms with Gasteiger partial charge >= 0.3 is 0 Å². The number of aliphatic imine (C=N–C) groups is 1. The van der Waals surface area contributed by atoms with Gasteiger partial charge < -0.3 is 24.6 Å². The fraction of sp³-hybridized carbons (Fsp3) is 0.652. The molecule has 3 aliphatic heterocycles. The van der Waals surface area contributed by atoms with Crippen molar-refractivity contribution in [1.29, 1.82) is 0 Å². The van der Waals surface area contributed by atoms with Crippen LogP contribution in [0.2, 0.25) is 0 Å². The van der Waals surface area contributed by atoms with Crippen molar-refractivity contribution in [3.63, 3.8) is 0 Å². The Morgan fingerprint density at radius 1 is 1.06 bits per heavy atom. The summed E-state index contributed by atoms with van der Waals surface area (Å²) < 4.78 is 11.0. The van der Waals surface area contributed by atoms with E-state index >= 15 is 0 Å². The molecule has 0 radical (unpaired) electrons. The molecule has 3 aliphatic rings. The predicted octanol–water partition coefficient (Wildman–Crippen LogP) is 0.917. The fourth-order valence-electron chi connectivity index (χ4n) is 4.48. The van der Waals surface area contributed by atoms with E-state index in [1.54, 1.807) is 0 Å². The molecule has 4 rings (SSSR count). The highest BCUT2D eigenvalue weighted by molar-refractivity contribution is 5.82. The number of carbonyl (C=O) groups is 1. The molecule has 8 nitrogen and oxygen atoms in total. The van der Waals surface area contributed by atoms with Crippen LogP contribution in [0.4, 0.5) is 0 Å². The first-order valence-electron chi connectivity index (χ1n) is 11.5. The Kier molecular flexibility index (Phi) is 7.77. The zero-order valence-corrected chi connectivity index (χ0v) is 18.6. The minimum atomic E-state index is -0.228. The van der Waals surface area contributed by atoms with E-state index in [0.29, 0.717) is 19.7 Å². The molecule has 1 atom stereocenters. The third-order valence-corrected chi connectivity index (χ3v) is 6.26. The quantitative estimate of drug-likeness (QED) is 0.555. The Morgan fingerprint density at radius 3 is 2.52 bits per heavy atom. The van der Waals surface area contributed by atoms with Crippen LogP contribution in [0.5, 0.6) is 0 Å². The normalized spacial score (nSPS) is 23.3. The number of benzene rings is 1. The molecule has 1 aromatic carbocycles. The number of hydrogen-bond acceptors (Lipinski definition) is 5. The third-order valence-electron chi connectivity index (χ3n) is 6.26. The lowest BCUT2D eigenvalue weighted by molar-refractivity contribution is -0.142. The van der Waals surface area contributed by atoms with E-state index in [1.807, 2.05) is 11.9 Å². The van der Waals surface area contributed by atoms with Crippen LogP contribution in [-0.2, 0) is 27.4 Å². The number of guanidine groups is 1.